The predicted molar refractivity (Wildman–Crippen MR) is 97.2 cm³/mol. The van der Waals surface area contributed by atoms with Gasteiger partial charge in [0.05, 0.1) is 11.0 Å². The second-order valence-electron chi connectivity index (χ2n) is 9.18. The van der Waals surface area contributed by atoms with E-state index in [2.05, 4.69) is 20.4 Å². The molecule has 0 spiro atoms. The number of carboxylic acid groups (broad SMARTS) is 1. The number of carbonyl (C=O) groups excluding carboxylic acids is 1. The van der Waals surface area contributed by atoms with Gasteiger partial charge in [-0.1, -0.05) is 13.0 Å². The summed E-state index contributed by atoms with van der Waals surface area (Å²) in [6, 6.07) is 0. The predicted octanol–water partition coefficient (Wildman–Crippen LogP) is 4.08. The highest BCUT2D eigenvalue weighted by Gasteiger charge is 2.61. The maximum Gasteiger partial charge on any atom is 0.337 e. The van der Waals surface area contributed by atoms with Crippen LogP contribution in [0.2, 0.25) is 0 Å². The zero-order valence-corrected chi connectivity index (χ0v) is 16.4. The Labute approximate surface area is 155 Å². The maximum atomic E-state index is 12.4. The lowest BCUT2D eigenvalue weighted by atomic mass is 9.48. The van der Waals surface area contributed by atoms with Gasteiger partial charge in [-0.25, -0.2) is 4.79 Å². The highest BCUT2D eigenvalue weighted by atomic mass is 16.6. The van der Waals surface area contributed by atoms with Crippen LogP contribution in [-0.4, -0.2) is 28.8 Å². The Kier molecular flexibility index (Phi) is 4.28. The van der Waals surface area contributed by atoms with Crippen LogP contribution in [-0.2, 0) is 19.1 Å². The number of hydrogen-bond donors (Lipinski definition) is 1. The van der Waals surface area contributed by atoms with Crippen LogP contribution in [0.4, 0.5) is 0 Å². The van der Waals surface area contributed by atoms with Crippen LogP contribution in [0.25, 0.3) is 0 Å². The highest BCUT2D eigenvalue weighted by Crippen LogP contribution is 2.61. The fourth-order valence-corrected chi connectivity index (χ4v) is 5.53. The number of fused-ring (bicyclic) bond motifs is 1. The molecule has 0 aromatic heterocycles. The van der Waals surface area contributed by atoms with Crippen LogP contribution < -0.4 is 0 Å². The van der Waals surface area contributed by atoms with E-state index in [0.717, 1.165) is 18.6 Å². The number of hydrogen-bond acceptors (Lipinski definition) is 4. The molecule has 0 aromatic rings. The van der Waals surface area contributed by atoms with Crippen LogP contribution in [0, 0.1) is 22.7 Å². The fourth-order valence-electron chi connectivity index (χ4n) is 5.53. The number of allylic oxidation sites excluding steroid dienone is 1. The molecular weight excluding hydrogens is 332 g/mol. The molecule has 0 saturated heterocycles. The first kappa shape index (κ1) is 19.0. The minimum Gasteiger partial charge on any atom is -0.491 e. The zero-order chi connectivity index (χ0) is 19.5. The van der Waals surface area contributed by atoms with Gasteiger partial charge in [0, 0.05) is 12.3 Å². The van der Waals surface area contributed by atoms with E-state index >= 15 is 0 Å². The lowest BCUT2D eigenvalue weighted by Crippen LogP contribution is -2.59. The molecule has 5 atom stereocenters. The average Bonchev–Trinajstić information content (AvgIpc) is 2.52. The summed E-state index contributed by atoms with van der Waals surface area (Å²) in [5.41, 5.74) is -1.16. The Hall–Kier alpha value is -1.78. The monoisotopic (exact) mass is 362 g/mol. The van der Waals surface area contributed by atoms with Crippen molar-refractivity contribution < 1.29 is 24.2 Å². The Morgan fingerprint density at radius 3 is 2.58 bits per heavy atom. The van der Waals surface area contributed by atoms with Crippen LogP contribution in [0.5, 0.6) is 0 Å². The van der Waals surface area contributed by atoms with Gasteiger partial charge in [-0.2, -0.15) is 0 Å². The summed E-state index contributed by atoms with van der Waals surface area (Å²) in [7, 11) is 0. The third-order valence-corrected chi connectivity index (χ3v) is 7.16. The number of carbonyl (C=O) groups is 2. The molecule has 5 nitrogen and oxygen atoms in total. The number of aliphatic carboxylic acids is 1. The number of cyclic esters (lactones) is 1. The Morgan fingerprint density at radius 2 is 2.00 bits per heavy atom. The Morgan fingerprint density at radius 1 is 1.35 bits per heavy atom. The molecule has 3 aliphatic rings. The molecule has 2 aliphatic heterocycles. The largest absolute Gasteiger partial charge is 0.491 e. The molecule has 26 heavy (non-hydrogen) atoms. The molecule has 144 valence electrons. The Bertz CT molecular complexity index is 691. The van der Waals surface area contributed by atoms with Crippen molar-refractivity contribution in [2.24, 2.45) is 22.7 Å². The zero-order valence-electron chi connectivity index (χ0n) is 16.4. The fraction of sp³-hybridized carbons (Fsp3) is 0.714. The standard InChI is InChI=1S/C21H30O5/c1-7-20(5)15(19(3,4)18(23)24)8-9-21(6)16(20)11-13-14(26-21)10-12(2)25-17(13)22/h7,12,15-16H,1,8-11H2,2-6H3,(H,23,24). The van der Waals surface area contributed by atoms with Crippen molar-refractivity contribution in [1.29, 1.82) is 0 Å². The minimum atomic E-state index is -0.888. The summed E-state index contributed by atoms with van der Waals surface area (Å²) < 4.78 is 11.8. The van der Waals surface area contributed by atoms with Crippen LogP contribution >= 0.6 is 0 Å². The molecule has 0 radical (unpaired) electrons. The van der Waals surface area contributed by atoms with Crippen molar-refractivity contribution >= 4 is 11.9 Å². The van der Waals surface area contributed by atoms with E-state index in [9.17, 15) is 14.7 Å². The molecule has 0 amide bonds. The molecular formula is C21H30O5. The number of esters is 1. The van der Waals surface area contributed by atoms with Crippen molar-refractivity contribution in [2.45, 2.75) is 72.0 Å². The lowest BCUT2D eigenvalue weighted by Gasteiger charge is -2.59. The highest BCUT2D eigenvalue weighted by molar-refractivity contribution is 5.90. The summed E-state index contributed by atoms with van der Waals surface area (Å²) in [5.74, 6) is -0.458. The summed E-state index contributed by atoms with van der Waals surface area (Å²) in [6.07, 6.45) is 4.38. The third-order valence-electron chi connectivity index (χ3n) is 7.16. The van der Waals surface area contributed by atoms with Crippen molar-refractivity contribution in [3.05, 3.63) is 24.0 Å². The van der Waals surface area contributed by atoms with E-state index in [4.69, 9.17) is 9.47 Å². The smallest absolute Gasteiger partial charge is 0.337 e. The van der Waals surface area contributed by atoms with Gasteiger partial charge in [0.2, 0.25) is 0 Å². The van der Waals surface area contributed by atoms with E-state index in [0.29, 0.717) is 18.4 Å². The van der Waals surface area contributed by atoms with Gasteiger partial charge in [-0.3, -0.25) is 4.79 Å². The quantitative estimate of drug-likeness (QED) is 0.605. The van der Waals surface area contributed by atoms with E-state index in [1.165, 1.54) is 0 Å². The van der Waals surface area contributed by atoms with Gasteiger partial charge in [-0.15, -0.1) is 6.58 Å². The van der Waals surface area contributed by atoms with Crippen LogP contribution in [0.1, 0.15) is 60.3 Å². The lowest BCUT2D eigenvalue weighted by molar-refractivity contribution is -0.180. The summed E-state index contributed by atoms with van der Waals surface area (Å²) >= 11 is 0. The first-order valence-electron chi connectivity index (χ1n) is 9.44. The van der Waals surface area contributed by atoms with Crippen molar-refractivity contribution in [3.8, 4) is 0 Å². The molecule has 5 heteroatoms. The Balaban J connectivity index is 2.05. The molecule has 1 N–H and O–H groups in total. The van der Waals surface area contributed by atoms with Crippen molar-refractivity contribution in [1.82, 2.24) is 0 Å². The summed E-state index contributed by atoms with van der Waals surface area (Å²) in [6.45, 7) is 13.7. The topological polar surface area (TPSA) is 72.8 Å². The SMILES string of the molecule is C=CC1(C)C2CC3=C(CC(C)OC3=O)OC2(C)CCC1C(C)(C)C(=O)O. The van der Waals surface area contributed by atoms with Crippen molar-refractivity contribution in [2.75, 3.05) is 0 Å². The minimum absolute atomic E-state index is 0.0235. The van der Waals surface area contributed by atoms with E-state index in [1.807, 2.05) is 13.0 Å². The van der Waals surface area contributed by atoms with Gasteiger partial charge in [0.25, 0.3) is 0 Å². The maximum absolute atomic E-state index is 12.4. The van der Waals surface area contributed by atoms with E-state index in [-0.39, 0.29) is 23.9 Å². The first-order chi connectivity index (χ1) is 12.0. The normalized spacial score (nSPS) is 40.0. The molecule has 3 rings (SSSR count). The average molecular weight is 362 g/mol. The first-order valence-corrected chi connectivity index (χ1v) is 9.44. The third kappa shape index (κ3) is 2.58. The van der Waals surface area contributed by atoms with Gasteiger partial charge >= 0.3 is 11.9 Å². The van der Waals surface area contributed by atoms with E-state index < -0.39 is 22.4 Å². The summed E-state index contributed by atoms with van der Waals surface area (Å²) in [4.78, 5) is 24.4. The second kappa shape index (κ2) is 5.86. The van der Waals surface area contributed by atoms with Gasteiger partial charge in [0.1, 0.15) is 17.5 Å². The van der Waals surface area contributed by atoms with Crippen LogP contribution in [0.15, 0.2) is 24.0 Å². The van der Waals surface area contributed by atoms with Crippen LogP contribution in [0.3, 0.4) is 0 Å². The van der Waals surface area contributed by atoms with Gasteiger partial charge in [-0.05, 0) is 58.3 Å². The van der Waals surface area contributed by atoms with Gasteiger partial charge < -0.3 is 14.6 Å². The molecule has 2 heterocycles. The number of ether oxygens (including phenoxy) is 2. The number of rotatable bonds is 3. The molecule has 0 aromatic carbocycles. The molecule has 0 bridgehead atoms. The van der Waals surface area contributed by atoms with Crippen molar-refractivity contribution in [3.63, 3.8) is 0 Å². The molecule has 1 fully saturated rings. The second-order valence-corrected chi connectivity index (χ2v) is 9.18. The molecule has 1 saturated carbocycles. The number of carboxylic acids is 1. The summed E-state index contributed by atoms with van der Waals surface area (Å²) in [5, 5.41) is 9.79. The molecule has 1 aliphatic carbocycles. The van der Waals surface area contributed by atoms with E-state index in [1.54, 1.807) is 13.8 Å². The van der Waals surface area contributed by atoms with Gasteiger partial charge in [0.15, 0.2) is 0 Å². The molecule has 5 unspecified atom stereocenters.